The van der Waals surface area contributed by atoms with Gasteiger partial charge in [0.15, 0.2) is 0 Å². The first-order chi connectivity index (χ1) is 8.65. The highest BCUT2D eigenvalue weighted by Crippen LogP contribution is 2.18. The molecule has 98 valence electrons. The maximum atomic E-state index is 12.0. The van der Waals surface area contributed by atoms with E-state index in [-0.39, 0.29) is 17.4 Å². The van der Waals surface area contributed by atoms with Crippen LogP contribution in [0.2, 0.25) is 0 Å². The molecule has 1 aromatic carbocycles. The van der Waals surface area contributed by atoms with Crippen molar-refractivity contribution in [2.24, 2.45) is 0 Å². The Morgan fingerprint density at radius 1 is 1.44 bits per heavy atom. The fourth-order valence-electron chi connectivity index (χ4n) is 1.62. The third-order valence-electron chi connectivity index (χ3n) is 2.46. The van der Waals surface area contributed by atoms with Crippen LogP contribution in [0.25, 0.3) is 0 Å². The van der Waals surface area contributed by atoms with E-state index in [4.69, 9.17) is 9.47 Å². The molecule has 0 N–H and O–H groups in total. The van der Waals surface area contributed by atoms with E-state index in [1.807, 2.05) is 0 Å². The number of halogens is 2. The highest BCUT2D eigenvalue weighted by molar-refractivity contribution is 5.90. The summed E-state index contributed by atoms with van der Waals surface area (Å²) in [6, 6.07) is 5.52. The second kappa shape index (κ2) is 5.77. The van der Waals surface area contributed by atoms with Gasteiger partial charge in [-0.25, -0.2) is 4.79 Å². The average Bonchev–Trinajstić information content (AvgIpc) is 2.81. The van der Waals surface area contributed by atoms with E-state index in [2.05, 4.69) is 4.74 Å². The first kappa shape index (κ1) is 12.8. The van der Waals surface area contributed by atoms with Crippen LogP contribution in [0.15, 0.2) is 24.3 Å². The number of ether oxygens (including phenoxy) is 3. The van der Waals surface area contributed by atoms with E-state index in [0.717, 1.165) is 0 Å². The van der Waals surface area contributed by atoms with Gasteiger partial charge in [0, 0.05) is 6.42 Å². The van der Waals surface area contributed by atoms with E-state index in [1.165, 1.54) is 24.3 Å². The Morgan fingerprint density at radius 3 is 2.94 bits per heavy atom. The average molecular weight is 258 g/mol. The molecule has 1 saturated heterocycles. The van der Waals surface area contributed by atoms with Crippen molar-refractivity contribution in [1.82, 2.24) is 0 Å². The molecule has 2 rings (SSSR count). The van der Waals surface area contributed by atoms with Crippen molar-refractivity contribution in [3.8, 4) is 5.75 Å². The molecule has 0 bridgehead atoms. The van der Waals surface area contributed by atoms with Crippen LogP contribution in [0.3, 0.4) is 0 Å². The molecule has 6 heteroatoms. The third kappa shape index (κ3) is 3.40. The molecular formula is C12H12F2O4. The minimum absolute atomic E-state index is 0.0675. The van der Waals surface area contributed by atoms with E-state index in [9.17, 15) is 13.6 Å². The molecule has 0 amide bonds. The monoisotopic (exact) mass is 258 g/mol. The van der Waals surface area contributed by atoms with Gasteiger partial charge >= 0.3 is 12.6 Å². The lowest BCUT2D eigenvalue weighted by Gasteiger charge is -2.11. The largest absolute Gasteiger partial charge is 0.456 e. The van der Waals surface area contributed by atoms with E-state index in [0.29, 0.717) is 19.6 Å². The van der Waals surface area contributed by atoms with E-state index < -0.39 is 12.6 Å². The smallest absolute Gasteiger partial charge is 0.387 e. The van der Waals surface area contributed by atoms with Gasteiger partial charge in [-0.3, -0.25) is 0 Å². The molecule has 1 aromatic rings. The predicted molar refractivity (Wildman–Crippen MR) is 57.7 cm³/mol. The summed E-state index contributed by atoms with van der Waals surface area (Å²) in [4.78, 5) is 11.7. The van der Waals surface area contributed by atoms with Crippen LogP contribution in [0.4, 0.5) is 8.78 Å². The van der Waals surface area contributed by atoms with Gasteiger partial charge in [-0.1, -0.05) is 6.07 Å². The lowest BCUT2D eigenvalue weighted by atomic mass is 10.2. The fraction of sp³-hybridized carbons (Fsp3) is 0.417. The number of benzene rings is 1. The summed E-state index contributed by atoms with van der Waals surface area (Å²) in [5.74, 6) is -0.632. The summed E-state index contributed by atoms with van der Waals surface area (Å²) in [6.07, 6.45) is 0.385. The number of rotatable bonds is 4. The summed E-state index contributed by atoms with van der Waals surface area (Å²) >= 11 is 0. The lowest BCUT2D eigenvalue weighted by Crippen LogP contribution is -2.18. The molecule has 1 aliphatic heterocycles. The normalized spacial score (nSPS) is 18.9. The zero-order chi connectivity index (χ0) is 13.0. The van der Waals surface area contributed by atoms with E-state index >= 15 is 0 Å². The topological polar surface area (TPSA) is 44.8 Å². The Morgan fingerprint density at radius 2 is 2.28 bits per heavy atom. The Balaban J connectivity index is 2.00. The SMILES string of the molecule is O=C(O[C@H]1CCOC1)c1cccc(OC(F)F)c1. The quantitative estimate of drug-likeness (QED) is 0.777. The van der Waals surface area contributed by atoms with Gasteiger partial charge in [0.2, 0.25) is 0 Å². The lowest BCUT2D eigenvalue weighted by molar-refractivity contribution is -0.0499. The van der Waals surface area contributed by atoms with Crippen LogP contribution in [0.1, 0.15) is 16.8 Å². The van der Waals surface area contributed by atoms with Crippen molar-refractivity contribution in [1.29, 1.82) is 0 Å². The van der Waals surface area contributed by atoms with Crippen LogP contribution in [0.5, 0.6) is 5.75 Å². The van der Waals surface area contributed by atoms with Crippen LogP contribution in [-0.2, 0) is 9.47 Å². The van der Waals surface area contributed by atoms with Crippen molar-refractivity contribution in [3.63, 3.8) is 0 Å². The van der Waals surface area contributed by atoms with Crippen LogP contribution in [-0.4, -0.2) is 31.9 Å². The second-order valence-electron chi connectivity index (χ2n) is 3.80. The number of hydrogen-bond acceptors (Lipinski definition) is 4. The Labute approximate surface area is 102 Å². The molecule has 1 heterocycles. The highest BCUT2D eigenvalue weighted by atomic mass is 19.3. The zero-order valence-corrected chi connectivity index (χ0v) is 9.47. The van der Waals surface area contributed by atoms with Gasteiger partial charge in [-0.15, -0.1) is 0 Å². The van der Waals surface area contributed by atoms with Crippen molar-refractivity contribution in [2.45, 2.75) is 19.1 Å². The minimum atomic E-state index is -2.92. The van der Waals surface area contributed by atoms with Crippen molar-refractivity contribution < 1.29 is 27.8 Å². The maximum Gasteiger partial charge on any atom is 0.387 e. The standard InChI is InChI=1S/C12H12F2O4/c13-12(14)18-9-3-1-2-8(6-9)11(15)17-10-4-5-16-7-10/h1-3,6,10,12H,4-5,7H2/t10-/m0/s1. The Kier molecular flexibility index (Phi) is 4.09. The number of alkyl halides is 2. The molecule has 0 radical (unpaired) electrons. The molecule has 0 unspecified atom stereocenters. The van der Waals surface area contributed by atoms with Crippen molar-refractivity contribution >= 4 is 5.97 Å². The molecule has 1 aliphatic rings. The molecular weight excluding hydrogens is 246 g/mol. The zero-order valence-electron chi connectivity index (χ0n) is 9.47. The molecule has 1 atom stereocenters. The number of esters is 1. The Hall–Kier alpha value is -1.69. The first-order valence-corrected chi connectivity index (χ1v) is 5.49. The van der Waals surface area contributed by atoms with Gasteiger partial charge < -0.3 is 14.2 Å². The third-order valence-corrected chi connectivity index (χ3v) is 2.46. The predicted octanol–water partition coefficient (Wildman–Crippen LogP) is 2.23. The van der Waals surface area contributed by atoms with Gasteiger partial charge in [0.1, 0.15) is 11.9 Å². The summed E-state index contributed by atoms with van der Waals surface area (Å²) < 4.78 is 38.5. The summed E-state index contributed by atoms with van der Waals surface area (Å²) in [5, 5.41) is 0. The molecule has 0 aliphatic carbocycles. The van der Waals surface area contributed by atoms with Gasteiger partial charge in [-0.2, -0.15) is 8.78 Å². The molecule has 18 heavy (non-hydrogen) atoms. The number of hydrogen-bond donors (Lipinski definition) is 0. The van der Waals surface area contributed by atoms with Crippen LogP contribution in [0, 0.1) is 0 Å². The minimum Gasteiger partial charge on any atom is -0.456 e. The summed E-state index contributed by atoms with van der Waals surface area (Å²) in [6.45, 7) is -1.98. The van der Waals surface area contributed by atoms with Crippen LogP contribution < -0.4 is 4.74 Å². The number of carbonyl (C=O) groups is 1. The summed E-state index contributed by atoms with van der Waals surface area (Å²) in [5.41, 5.74) is 0.181. The summed E-state index contributed by atoms with van der Waals surface area (Å²) in [7, 11) is 0. The van der Waals surface area contributed by atoms with Crippen molar-refractivity contribution in [2.75, 3.05) is 13.2 Å². The second-order valence-corrected chi connectivity index (χ2v) is 3.80. The van der Waals surface area contributed by atoms with Gasteiger partial charge in [0.25, 0.3) is 0 Å². The molecule has 0 aromatic heterocycles. The van der Waals surface area contributed by atoms with E-state index in [1.54, 1.807) is 0 Å². The van der Waals surface area contributed by atoms with Crippen LogP contribution >= 0.6 is 0 Å². The first-order valence-electron chi connectivity index (χ1n) is 5.49. The van der Waals surface area contributed by atoms with Crippen molar-refractivity contribution in [3.05, 3.63) is 29.8 Å². The fourth-order valence-corrected chi connectivity index (χ4v) is 1.62. The highest BCUT2D eigenvalue weighted by Gasteiger charge is 2.21. The molecule has 4 nitrogen and oxygen atoms in total. The Bertz CT molecular complexity index is 416. The molecule has 0 saturated carbocycles. The van der Waals surface area contributed by atoms with Gasteiger partial charge in [0.05, 0.1) is 18.8 Å². The molecule has 0 spiro atoms. The molecule has 1 fully saturated rings. The van der Waals surface area contributed by atoms with Gasteiger partial charge in [-0.05, 0) is 18.2 Å². The number of carbonyl (C=O) groups excluding carboxylic acids is 1. The maximum absolute atomic E-state index is 12.0.